The van der Waals surface area contributed by atoms with E-state index in [-0.39, 0.29) is 24.8 Å². The Morgan fingerprint density at radius 3 is 2.67 bits per heavy atom. The molecule has 0 spiro atoms. The lowest BCUT2D eigenvalue weighted by Gasteiger charge is -2.34. The minimum Gasteiger partial charge on any atom is -0.331 e. The number of carbonyl (C=O) groups excluding carboxylic acids is 4. The first kappa shape index (κ1) is 16.3. The predicted octanol–water partition coefficient (Wildman–Crippen LogP) is 0.113. The van der Waals surface area contributed by atoms with Crippen LogP contribution in [0.25, 0.3) is 0 Å². The van der Waals surface area contributed by atoms with E-state index in [1.54, 1.807) is 29.2 Å². The summed E-state index contributed by atoms with van der Waals surface area (Å²) in [5.74, 6) is -1.11. The third-order valence-electron chi connectivity index (χ3n) is 3.93. The van der Waals surface area contributed by atoms with Crippen LogP contribution in [0.2, 0.25) is 5.02 Å². The average Bonchev–Trinajstić information content (AvgIpc) is 2.84. The molecule has 2 N–H and O–H groups in total. The first-order valence-corrected chi connectivity index (χ1v) is 7.77. The highest BCUT2D eigenvalue weighted by Crippen LogP contribution is 2.21. The van der Waals surface area contributed by atoms with Crippen molar-refractivity contribution in [3.05, 3.63) is 29.3 Å². The van der Waals surface area contributed by atoms with Gasteiger partial charge in [0.25, 0.3) is 5.91 Å². The van der Waals surface area contributed by atoms with Crippen molar-refractivity contribution in [3.63, 3.8) is 0 Å². The standard InChI is InChI=1S/C15H15ClN4O4/c16-9-2-1-3-10(6-9)20-5-4-19(8-13(20)22)12(21)7-11-14(23)18-15(24)17-11/h1-3,6,11H,4-5,7-8H2,(H2,17,18,23,24)/t11-/m1/s1. The molecule has 9 heteroatoms. The molecule has 1 atom stereocenters. The third-order valence-corrected chi connectivity index (χ3v) is 4.17. The molecule has 126 valence electrons. The van der Waals surface area contributed by atoms with Gasteiger partial charge in [-0.15, -0.1) is 0 Å². The van der Waals surface area contributed by atoms with Gasteiger partial charge in [-0.25, -0.2) is 4.79 Å². The van der Waals surface area contributed by atoms with E-state index >= 15 is 0 Å². The molecule has 8 nitrogen and oxygen atoms in total. The van der Waals surface area contributed by atoms with Gasteiger partial charge in [0.1, 0.15) is 12.6 Å². The molecule has 0 saturated carbocycles. The number of nitrogens with zero attached hydrogens (tertiary/aromatic N) is 2. The zero-order chi connectivity index (χ0) is 17.3. The molecule has 2 aliphatic heterocycles. The molecule has 2 fully saturated rings. The van der Waals surface area contributed by atoms with Crippen molar-refractivity contribution in [2.45, 2.75) is 12.5 Å². The molecule has 3 rings (SSSR count). The summed E-state index contributed by atoms with van der Waals surface area (Å²) in [4.78, 5) is 50.1. The molecule has 24 heavy (non-hydrogen) atoms. The Balaban J connectivity index is 1.61. The number of rotatable bonds is 3. The lowest BCUT2D eigenvalue weighted by molar-refractivity contribution is -0.138. The quantitative estimate of drug-likeness (QED) is 0.756. The molecule has 2 heterocycles. The number of imide groups is 1. The summed E-state index contributed by atoms with van der Waals surface area (Å²) in [5, 5.41) is 4.97. The summed E-state index contributed by atoms with van der Waals surface area (Å²) in [6.45, 7) is 0.612. The molecule has 0 unspecified atom stereocenters. The minimum absolute atomic E-state index is 0.0758. The van der Waals surface area contributed by atoms with Gasteiger partial charge in [0.2, 0.25) is 11.8 Å². The van der Waals surface area contributed by atoms with Gasteiger partial charge in [-0.3, -0.25) is 19.7 Å². The maximum absolute atomic E-state index is 12.3. The third kappa shape index (κ3) is 3.33. The Hall–Kier alpha value is -2.61. The zero-order valence-corrected chi connectivity index (χ0v) is 13.4. The second kappa shape index (κ2) is 6.48. The first-order valence-electron chi connectivity index (χ1n) is 7.39. The molecule has 0 radical (unpaired) electrons. The highest BCUT2D eigenvalue weighted by atomic mass is 35.5. The topological polar surface area (TPSA) is 98.8 Å². The van der Waals surface area contributed by atoms with Crippen LogP contribution in [0.4, 0.5) is 10.5 Å². The van der Waals surface area contributed by atoms with Crippen LogP contribution < -0.4 is 15.5 Å². The largest absolute Gasteiger partial charge is 0.331 e. The van der Waals surface area contributed by atoms with E-state index in [2.05, 4.69) is 10.6 Å². The molecule has 1 aromatic rings. The molecule has 5 amide bonds. The van der Waals surface area contributed by atoms with Gasteiger partial charge in [0.05, 0.1) is 6.42 Å². The van der Waals surface area contributed by atoms with E-state index in [0.29, 0.717) is 23.8 Å². The summed E-state index contributed by atoms with van der Waals surface area (Å²) in [6, 6.07) is 5.44. The van der Waals surface area contributed by atoms with E-state index in [0.717, 1.165) is 0 Å². The predicted molar refractivity (Wildman–Crippen MR) is 85.5 cm³/mol. The number of nitrogens with one attached hydrogen (secondary N) is 2. The van der Waals surface area contributed by atoms with Crippen LogP contribution in [0.3, 0.4) is 0 Å². The second-order valence-corrected chi connectivity index (χ2v) is 6.00. The van der Waals surface area contributed by atoms with Crippen LogP contribution in [0.1, 0.15) is 6.42 Å². The number of piperazine rings is 1. The lowest BCUT2D eigenvalue weighted by atomic mass is 10.1. The Bertz CT molecular complexity index is 723. The number of urea groups is 1. The Labute approximate surface area is 142 Å². The van der Waals surface area contributed by atoms with Crippen molar-refractivity contribution in [2.24, 2.45) is 0 Å². The summed E-state index contributed by atoms with van der Waals surface area (Å²) >= 11 is 5.94. The van der Waals surface area contributed by atoms with Crippen LogP contribution in [-0.4, -0.2) is 54.3 Å². The molecular formula is C15H15ClN4O4. The van der Waals surface area contributed by atoms with E-state index in [4.69, 9.17) is 11.6 Å². The monoisotopic (exact) mass is 350 g/mol. The summed E-state index contributed by atoms with van der Waals surface area (Å²) in [6.07, 6.45) is -0.165. The van der Waals surface area contributed by atoms with Gasteiger partial charge in [-0.05, 0) is 18.2 Å². The summed E-state index contributed by atoms with van der Waals surface area (Å²) in [5.41, 5.74) is 0.682. The molecular weight excluding hydrogens is 336 g/mol. The Morgan fingerprint density at radius 1 is 1.25 bits per heavy atom. The van der Waals surface area contributed by atoms with E-state index in [9.17, 15) is 19.2 Å². The van der Waals surface area contributed by atoms with Crippen LogP contribution in [0.15, 0.2) is 24.3 Å². The minimum atomic E-state index is -0.883. The molecule has 0 aliphatic carbocycles. The van der Waals surface area contributed by atoms with E-state index in [1.165, 1.54) is 4.90 Å². The molecule has 2 aliphatic rings. The molecule has 1 aromatic carbocycles. The first-order chi connectivity index (χ1) is 11.4. The Kier molecular flexibility index (Phi) is 4.39. The van der Waals surface area contributed by atoms with E-state index < -0.39 is 18.0 Å². The van der Waals surface area contributed by atoms with Crippen molar-refractivity contribution in [1.29, 1.82) is 0 Å². The van der Waals surface area contributed by atoms with Crippen molar-refractivity contribution >= 4 is 41.0 Å². The van der Waals surface area contributed by atoms with Gasteiger partial charge >= 0.3 is 6.03 Å². The van der Waals surface area contributed by atoms with Gasteiger partial charge < -0.3 is 15.1 Å². The molecule has 0 bridgehead atoms. The van der Waals surface area contributed by atoms with Crippen LogP contribution in [-0.2, 0) is 14.4 Å². The van der Waals surface area contributed by atoms with Crippen LogP contribution >= 0.6 is 11.6 Å². The van der Waals surface area contributed by atoms with Crippen LogP contribution in [0, 0.1) is 0 Å². The van der Waals surface area contributed by atoms with Crippen molar-refractivity contribution in [1.82, 2.24) is 15.5 Å². The fourth-order valence-corrected chi connectivity index (χ4v) is 2.89. The highest BCUT2D eigenvalue weighted by Gasteiger charge is 2.34. The van der Waals surface area contributed by atoms with Gasteiger partial charge in [-0.2, -0.15) is 0 Å². The Morgan fingerprint density at radius 2 is 2.04 bits per heavy atom. The SMILES string of the molecule is O=C1NC(=O)[C@@H](CC(=O)N2CCN(c3cccc(Cl)c3)C(=O)C2)N1. The lowest BCUT2D eigenvalue weighted by Crippen LogP contribution is -2.53. The maximum Gasteiger partial charge on any atom is 0.322 e. The number of hydrogen-bond donors (Lipinski definition) is 2. The van der Waals surface area contributed by atoms with Crippen LogP contribution in [0.5, 0.6) is 0 Å². The number of hydrogen-bond acceptors (Lipinski definition) is 4. The van der Waals surface area contributed by atoms with Gasteiger partial charge in [-0.1, -0.05) is 17.7 Å². The smallest absolute Gasteiger partial charge is 0.322 e. The second-order valence-electron chi connectivity index (χ2n) is 5.56. The number of benzene rings is 1. The van der Waals surface area contributed by atoms with Gasteiger partial charge in [0, 0.05) is 23.8 Å². The average molecular weight is 351 g/mol. The fourth-order valence-electron chi connectivity index (χ4n) is 2.71. The number of amides is 5. The fraction of sp³-hybridized carbons (Fsp3) is 0.333. The summed E-state index contributed by atoms with van der Waals surface area (Å²) in [7, 11) is 0. The van der Waals surface area contributed by atoms with Crippen molar-refractivity contribution in [2.75, 3.05) is 24.5 Å². The van der Waals surface area contributed by atoms with Crippen molar-refractivity contribution < 1.29 is 19.2 Å². The van der Waals surface area contributed by atoms with Crippen molar-refractivity contribution in [3.8, 4) is 0 Å². The molecule has 0 aromatic heterocycles. The van der Waals surface area contributed by atoms with E-state index in [1.807, 2.05) is 0 Å². The van der Waals surface area contributed by atoms with Gasteiger partial charge in [0.15, 0.2) is 0 Å². The normalized spacial score (nSPS) is 20.9. The molecule has 2 saturated heterocycles. The zero-order valence-electron chi connectivity index (χ0n) is 12.6. The number of carbonyl (C=O) groups is 4. The number of anilines is 1. The maximum atomic E-state index is 12.3. The highest BCUT2D eigenvalue weighted by molar-refractivity contribution is 6.30. The number of halogens is 1. The summed E-state index contributed by atoms with van der Waals surface area (Å²) < 4.78 is 0.